The van der Waals surface area contributed by atoms with E-state index in [2.05, 4.69) is 46.9 Å². The highest BCUT2D eigenvalue weighted by Gasteiger charge is 2.19. The minimum Gasteiger partial charge on any atom is -0.506 e. The zero-order chi connectivity index (χ0) is 20.8. The molecule has 0 bridgehead atoms. The van der Waals surface area contributed by atoms with Crippen LogP contribution in [0.5, 0.6) is 11.5 Å². The van der Waals surface area contributed by atoms with Gasteiger partial charge in [0.15, 0.2) is 0 Å². The van der Waals surface area contributed by atoms with E-state index in [0.29, 0.717) is 11.4 Å². The molecule has 0 aromatic heterocycles. The molecule has 0 aliphatic heterocycles. The van der Waals surface area contributed by atoms with Gasteiger partial charge in [-0.1, -0.05) is 53.7 Å². The predicted octanol–water partition coefficient (Wildman–Crippen LogP) is 5.78. The lowest BCUT2D eigenvalue weighted by molar-refractivity contribution is 0.473. The van der Waals surface area contributed by atoms with E-state index in [0.717, 1.165) is 18.5 Å². The summed E-state index contributed by atoms with van der Waals surface area (Å²) in [5.74, 6) is 0.471. The SMILES string of the molecule is CCC(C)(C)c1ccc(O)c(N)c1.CCC(C)(C)c1ccc(O)c(NC)c1. The lowest BCUT2D eigenvalue weighted by atomic mass is 9.82. The van der Waals surface area contributed by atoms with Gasteiger partial charge >= 0.3 is 0 Å². The van der Waals surface area contributed by atoms with Crippen molar-refractivity contribution in [1.82, 2.24) is 0 Å². The second-order valence-corrected chi connectivity index (χ2v) is 8.23. The van der Waals surface area contributed by atoms with Crippen molar-refractivity contribution in [2.24, 2.45) is 0 Å². The first kappa shape index (κ1) is 22.7. The Morgan fingerprint density at radius 1 is 0.815 bits per heavy atom. The van der Waals surface area contributed by atoms with E-state index in [9.17, 15) is 10.2 Å². The molecule has 0 aliphatic rings. The highest BCUT2D eigenvalue weighted by Crippen LogP contribution is 2.33. The highest BCUT2D eigenvalue weighted by atomic mass is 16.3. The monoisotopic (exact) mass is 372 g/mol. The van der Waals surface area contributed by atoms with Gasteiger partial charge in [0.2, 0.25) is 0 Å². The van der Waals surface area contributed by atoms with E-state index in [1.165, 1.54) is 11.1 Å². The Labute approximate surface area is 164 Å². The van der Waals surface area contributed by atoms with Gasteiger partial charge in [0.05, 0.1) is 11.4 Å². The number of nitrogens with two attached hydrogens (primary N) is 1. The Balaban J connectivity index is 0.000000271. The van der Waals surface area contributed by atoms with E-state index in [4.69, 9.17) is 5.73 Å². The number of nitrogens with one attached hydrogen (secondary N) is 1. The van der Waals surface area contributed by atoms with E-state index in [1.807, 2.05) is 31.3 Å². The molecule has 0 aliphatic carbocycles. The quantitative estimate of drug-likeness (QED) is 0.396. The number of anilines is 2. The molecule has 5 N–H and O–H groups in total. The summed E-state index contributed by atoms with van der Waals surface area (Å²) in [6, 6.07) is 11.2. The Bertz CT molecular complexity index is 752. The summed E-state index contributed by atoms with van der Waals surface area (Å²) >= 11 is 0. The van der Waals surface area contributed by atoms with Crippen LogP contribution in [-0.2, 0) is 10.8 Å². The Morgan fingerprint density at radius 3 is 1.67 bits per heavy atom. The molecular formula is C23H36N2O2. The molecule has 0 spiro atoms. The maximum absolute atomic E-state index is 9.51. The van der Waals surface area contributed by atoms with E-state index < -0.39 is 0 Å². The van der Waals surface area contributed by atoms with Gasteiger partial charge in [-0.05, 0) is 59.1 Å². The Kier molecular flexibility index (Phi) is 7.58. The number of phenolic OH excluding ortho intramolecular Hbond substituents is 2. The van der Waals surface area contributed by atoms with Crippen molar-refractivity contribution in [2.45, 2.75) is 65.2 Å². The largest absolute Gasteiger partial charge is 0.506 e. The van der Waals surface area contributed by atoms with Crippen LogP contribution in [0.3, 0.4) is 0 Å². The van der Waals surface area contributed by atoms with Crippen LogP contribution < -0.4 is 11.1 Å². The van der Waals surface area contributed by atoms with Crippen molar-refractivity contribution < 1.29 is 10.2 Å². The summed E-state index contributed by atoms with van der Waals surface area (Å²) < 4.78 is 0. The standard InChI is InChI=1S/C12H19NO.C11H17NO/c1-5-12(2,3)9-6-7-11(14)10(8-9)13-4;1-4-11(2,3)8-5-6-10(13)9(12)7-8/h6-8,13-14H,5H2,1-4H3;5-7,13H,4,12H2,1-3H3. The smallest absolute Gasteiger partial charge is 0.138 e. The summed E-state index contributed by atoms with van der Waals surface area (Å²) in [4.78, 5) is 0. The summed E-state index contributed by atoms with van der Waals surface area (Å²) in [5.41, 5.74) is 9.59. The van der Waals surface area contributed by atoms with Gasteiger partial charge in [0.1, 0.15) is 11.5 Å². The fourth-order valence-corrected chi connectivity index (χ4v) is 2.54. The molecule has 0 heterocycles. The van der Waals surface area contributed by atoms with Gasteiger partial charge in [-0.2, -0.15) is 0 Å². The number of rotatable bonds is 5. The summed E-state index contributed by atoms with van der Waals surface area (Å²) in [7, 11) is 1.82. The molecule has 0 atom stereocenters. The van der Waals surface area contributed by atoms with Gasteiger partial charge in [-0.3, -0.25) is 0 Å². The van der Waals surface area contributed by atoms with Crippen LogP contribution in [0.25, 0.3) is 0 Å². The number of nitrogen functional groups attached to an aromatic ring is 1. The predicted molar refractivity (Wildman–Crippen MR) is 117 cm³/mol. The van der Waals surface area contributed by atoms with Crippen molar-refractivity contribution in [3.8, 4) is 11.5 Å². The lowest BCUT2D eigenvalue weighted by Gasteiger charge is -2.24. The van der Waals surface area contributed by atoms with Crippen LogP contribution in [-0.4, -0.2) is 17.3 Å². The maximum atomic E-state index is 9.51. The first-order valence-electron chi connectivity index (χ1n) is 9.58. The molecule has 2 aromatic rings. The molecule has 0 radical (unpaired) electrons. The molecule has 0 unspecified atom stereocenters. The Hall–Kier alpha value is -2.36. The molecular weight excluding hydrogens is 336 g/mol. The zero-order valence-electron chi connectivity index (χ0n) is 17.9. The number of hydrogen-bond acceptors (Lipinski definition) is 4. The molecule has 4 nitrogen and oxygen atoms in total. The van der Waals surface area contributed by atoms with Crippen LogP contribution in [0.2, 0.25) is 0 Å². The van der Waals surface area contributed by atoms with Crippen LogP contribution in [0.15, 0.2) is 36.4 Å². The fourth-order valence-electron chi connectivity index (χ4n) is 2.54. The summed E-state index contributed by atoms with van der Waals surface area (Å²) in [6.45, 7) is 13.1. The third-order valence-corrected chi connectivity index (χ3v) is 5.62. The van der Waals surface area contributed by atoms with Crippen molar-refractivity contribution in [3.63, 3.8) is 0 Å². The normalized spacial score (nSPS) is 11.5. The molecule has 27 heavy (non-hydrogen) atoms. The highest BCUT2D eigenvalue weighted by molar-refractivity contribution is 5.58. The van der Waals surface area contributed by atoms with Crippen molar-refractivity contribution in [3.05, 3.63) is 47.5 Å². The first-order valence-corrected chi connectivity index (χ1v) is 9.58. The van der Waals surface area contributed by atoms with Gasteiger partial charge in [-0.25, -0.2) is 0 Å². The summed E-state index contributed by atoms with van der Waals surface area (Å²) in [5, 5.41) is 21.7. The van der Waals surface area contributed by atoms with Crippen molar-refractivity contribution in [1.29, 1.82) is 0 Å². The van der Waals surface area contributed by atoms with Gasteiger partial charge in [-0.15, -0.1) is 0 Å². The average molecular weight is 373 g/mol. The van der Waals surface area contributed by atoms with Crippen molar-refractivity contribution >= 4 is 11.4 Å². The molecule has 4 heteroatoms. The maximum Gasteiger partial charge on any atom is 0.138 e. The van der Waals surface area contributed by atoms with Gasteiger partial charge in [0.25, 0.3) is 0 Å². The molecule has 0 amide bonds. The van der Waals surface area contributed by atoms with E-state index in [1.54, 1.807) is 12.1 Å². The van der Waals surface area contributed by atoms with Crippen LogP contribution in [0, 0.1) is 0 Å². The molecule has 0 fully saturated rings. The summed E-state index contributed by atoms with van der Waals surface area (Å²) in [6.07, 6.45) is 2.14. The average Bonchev–Trinajstić information content (AvgIpc) is 2.64. The Morgan fingerprint density at radius 2 is 1.26 bits per heavy atom. The van der Waals surface area contributed by atoms with Gasteiger partial charge in [0, 0.05) is 7.05 Å². The van der Waals surface area contributed by atoms with Crippen molar-refractivity contribution in [2.75, 3.05) is 18.1 Å². The van der Waals surface area contributed by atoms with E-state index in [-0.39, 0.29) is 16.6 Å². The fraction of sp³-hybridized carbons (Fsp3) is 0.478. The number of hydrogen-bond donors (Lipinski definition) is 4. The minimum atomic E-state index is 0.127. The zero-order valence-corrected chi connectivity index (χ0v) is 17.9. The van der Waals surface area contributed by atoms with Gasteiger partial charge < -0.3 is 21.3 Å². The molecule has 2 aromatic carbocycles. The second-order valence-electron chi connectivity index (χ2n) is 8.23. The van der Waals surface area contributed by atoms with Crippen LogP contribution >= 0.6 is 0 Å². The molecule has 150 valence electrons. The van der Waals surface area contributed by atoms with Crippen LogP contribution in [0.4, 0.5) is 11.4 Å². The molecule has 0 saturated heterocycles. The lowest BCUT2D eigenvalue weighted by Crippen LogP contribution is -2.15. The second kappa shape index (κ2) is 9.03. The number of phenols is 2. The minimum absolute atomic E-state index is 0.127. The third-order valence-electron chi connectivity index (χ3n) is 5.62. The topological polar surface area (TPSA) is 78.5 Å². The molecule has 0 saturated carbocycles. The first-order chi connectivity index (χ1) is 12.5. The van der Waals surface area contributed by atoms with Crippen LogP contribution in [0.1, 0.15) is 65.5 Å². The number of benzene rings is 2. The number of aromatic hydroxyl groups is 2. The third kappa shape index (κ3) is 5.81. The van der Waals surface area contributed by atoms with E-state index >= 15 is 0 Å². The molecule has 2 rings (SSSR count).